The lowest BCUT2D eigenvalue weighted by atomic mass is 10.2. The molecule has 28 heavy (non-hydrogen) atoms. The molecule has 0 radical (unpaired) electrons. The molecule has 0 atom stereocenters. The molecule has 0 aliphatic carbocycles. The molecule has 1 heterocycles. The molecular formula is C20H18Cl2N2O4. The first kappa shape index (κ1) is 20.0. The van der Waals surface area contributed by atoms with Crippen LogP contribution in [-0.2, 0) is 11.2 Å². The highest BCUT2D eigenvalue weighted by molar-refractivity contribution is 6.36. The highest BCUT2D eigenvalue weighted by Crippen LogP contribution is 2.31. The molecule has 0 aliphatic rings. The number of oxazole rings is 1. The summed E-state index contributed by atoms with van der Waals surface area (Å²) in [5.41, 5.74) is 1.23. The third-order valence-corrected chi connectivity index (χ3v) is 4.54. The van der Waals surface area contributed by atoms with Gasteiger partial charge >= 0.3 is 0 Å². The van der Waals surface area contributed by atoms with Crippen LogP contribution in [0.3, 0.4) is 0 Å². The fraction of sp³-hybridized carbons (Fsp3) is 0.200. The lowest BCUT2D eigenvalue weighted by Gasteiger charge is -2.11. The summed E-state index contributed by atoms with van der Waals surface area (Å²) in [7, 11) is 3.09. The number of aromatic nitrogens is 1. The fourth-order valence-electron chi connectivity index (χ4n) is 2.58. The van der Waals surface area contributed by atoms with Gasteiger partial charge in [0.1, 0.15) is 11.5 Å². The minimum absolute atomic E-state index is 0.189. The summed E-state index contributed by atoms with van der Waals surface area (Å²) in [4.78, 5) is 16.5. The van der Waals surface area contributed by atoms with Crippen molar-refractivity contribution in [3.63, 3.8) is 0 Å². The fourth-order valence-corrected chi connectivity index (χ4v) is 3.09. The van der Waals surface area contributed by atoms with Gasteiger partial charge in [-0.15, -0.1) is 0 Å². The molecule has 3 rings (SSSR count). The van der Waals surface area contributed by atoms with Crippen molar-refractivity contribution in [1.29, 1.82) is 0 Å². The number of hydrogen-bond donors (Lipinski definition) is 1. The number of aryl methyl sites for hydroxylation is 1. The van der Waals surface area contributed by atoms with Gasteiger partial charge in [-0.25, -0.2) is 4.98 Å². The Labute approximate surface area is 172 Å². The normalized spacial score (nSPS) is 10.6. The van der Waals surface area contributed by atoms with Crippen molar-refractivity contribution in [2.24, 2.45) is 0 Å². The monoisotopic (exact) mass is 420 g/mol. The zero-order valence-electron chi connectivity index (χ0n) is 15.3. The number of nitrogens with zero attached hydrogens (tertiary/aromatic N) is 1. The van der Waals surface area contributed by atoms with E-state index in [0.717, 1.165) is 0 Å². The predicted octanol–water partition coefficient (Wildman–Crippen LogP) is 5.24. The summed E-state index contributed by atoms with van der Waals surface area (Å²) in [6.45, 7) is 0. The molecular weight excluding hydrogens is 403 g/mol. The van der Waals surface area contributed by atoms with E-state index in [1.54, 1.807) is 49.7 Å². The molecule has 1 aromatic heterocycles. The maximum absolute atomic E-state index is 12.3. The number of carbonyl (C=O) groups excluding carboxylic acids is 1. The van der Waals surface area contributed by atoms with E-state index < -0.39 is 0 Å². The van der Waals surface area contributed by atoms with E-state index in [9.17, 15) is 4.79 Å². The van der Waals surface area contributed by atoms with Crippen LogP contribution in [-0.4, -0.2) is 25.1 Å². The average molecular weight is 421 g/mol. The predicted molar refractivity (Wildman–Crippen MR) is 108 cm³/mol. The lowest BCUT2D eigenvalue weighted by Crippen LogP contribution is -2.13. The molecule has 2 aromatic carbocycles. The second-order valence-corrected chi connectivity index (χ2v) is 6.70. The first-order chi connectivity index (χ1) is 13.5. The first-order valence-electron chi connectivity index (χ1n) is 8.42. The van der Waals surface area contributed by atoms with Crippen molar-refractivity contribution in [2.75, 3.05) is 19.5 Å². The van der Waals surface area contributed by atoms with Crippen LogP contribution in [0.5, 0.6) is 11.5 Å². The zero-order valence-corrected chi connectivity index (χ0v) is 16.8. The molecule has 8 heteroatoms. The largest absolute Gasteiger partial charge is 0.497 e. The SMILES string of the molecule is COc1ccc(OC)c(NC(=O)CCc2ncc(-c3ccc(Cl)cc3Cl)o2)c1. The van der Waals surface area contributed by atoms with Crippen LogP contribution < -0.4 is 14.8 Å². The van der Waals surface area contributed by atoms with E-state index in [1.807, 2.05) is 0 Å². The van der Waals surface area contributed by atoms with E-state index in [-0.39, 0.29) is 12.3 Å². The number of carbonyl (C=O) groups is 1. The Morgan fingerprint density at radius 3 is 2.68 bits per heavy atom. The van der Waals surface area contributed by atoms with Crippen LogP contribution in [0.1, 0.15) is 12.3 Å². The van der Waals surface area contributed by atoms with Crippen molar-refractivity contribution in [2.45, 2.75) is 12.8 Å². The van der Waals surface area contributed by atoms with Gasteiger partial charge in [0.05, 0.1) is 31.1 Å². The number of amides is 1. The molecule has 1 amide bonds. The number of anilines is 1. The van der Waals surface area contributed by atoms with Gasteiger partial charge in [0, 0.05) is 29.5 Å². The summed E-state index contributed by atoms with van der Waals surface area (Å²) in [6, 6.07) is 10.3. The van der Waals surface area contributed by atoms with E-state index in [4.69, 9.17) is 37.1 Å². The van der Waals surface area contributed by atoms with Gasteiger partial charge in [-0.3, -0.25) is 4.79 Å². The van der Waals surface area contributed by atoms with Crippen LogP contribution in [0.2, 0.25) is 10.0 Å². The quantitative estimate of drug-likeness (QED) is 0.565. The Balaban J connectivity index is 1.63. The summed E-state index contributed by atoms with van der Waals surface area (Å²) < 4.78 is 16.1. The number of nitrogens with one attached hydrogen (secondary N) is 1. The molecule has 0 saturated heterocycles. The molecule has 0 bridgehead atoms. The maximum atomic E-state index is 12.3. The molecule has 6 nitrogen and oxygen atoms in total. The summed E-state index contributed by atoms with van der Waals surface area (Å²) in [5, 5.41) is 3.82. The minimum atomic E-state index is -0.198. The van der Waals surface area contributed by atoms with Gasteiger partial charge in [0.25, 0.3) is 0 Å². The molecule has 0 unspecified atom stereocenters. The van der Waals surface area contributed by atoms with Crippen LogP contribution in [0, 0.1) is 0 Å². The average Bonchev–Trinajstić information content (AvgIpc) is 3.15. The number of rotatable bonds is 7. The number of ether oxygens (including phenoxy) is 2. The minimum Gasteiger partial charge on any atom is -0.497 e. The van der Waals surface area contributed by atoms with Crippen molar-refractivity contribution in [3.8, 4) is 22.8 Å². The third kappa shape index (κ3) is 4.77. The molecule has 0 fully saturated rings. The van der Waals surface area contributed by atoms with Crippen LogP contribution in [0.25, 0.3) is 11.3 Å². The smallest absolute Gasteiger partial charge is 0.224 e. The van der Waals surface area contributed by atoms with Crippen molar-refractivity contribution in [3.05, 3.63) is 58.5 Å². The molecule has 0 aliphatic heterocycles. The number of benzene rings is 2. The Morgan fingerprint density at radius 2 is 1.96 bits per heavy atom. The maximum Gasteiger partial charge on any atom is 0.224 e. The Hall–Kier alpha value is -2.70. The second kappa shape index (κ2) is 8.99. The molecule has 146 valence electrons. The lowest BCUT2D eigenvalue weighted by molar-refractivity contribution is -0.116. The van der Waals surface area contributed by atoms with Crippen molar-refractivity contribution < 1.29 is 18.7 Å². The van der Waals surface area contributed by atoms with Crippen molar-refractivity contribution in [1.82, 2.24) is 4.98 Å². The van der Waals surface area contributed by atoms with Gasteiger partial charge in [-0.2, -0.15) is 0 Å². The molecule has 3 aromatic rings. The summed E-state index contributed by atoms with van der Waals surface area (Å²) in [6.07, 6.45) is 2.10. The van der Waals surface area contributed by atoms with Crippen LogP contribution in [0.15, 0.2) is 47.0 Å². The third-order valence-electron chi connectivity index (χ3n) is 4.00. The van der Waals surface area contributed by atoms with Crippen LogP contribution in [0.4, 0.5) is 5.69 Å². The molecule has 0 spiro atoms. The number of methoxy groups -OCH3 is 2. The molecule has 0 saturated carbocycles. The van der Waals surface area contributed by atoms with E-state index in [2.05, 4.69) is 10.3 Å². The van der Waals surface area contributed by atoms with Crippen LogP contribution >= 0.6 is 23.2 Å². The molecule has 1 N–H and O–H groups in total. The Kier molecular flexibility index (Phi) is 6.44. The second-order valence-electron chi connectivity index (χ2n) is 5.86. The van der Waals surface area contributed by atoms with E-state index >= 15 is 0 Å². The Morgan fingerprint density at radius 1 is 1.14 bits per heavy atom. The van der Waals surface area contributed by atoms with Crippen molar-refractivity contribution >= 4 is 34.8 Å². The number of hydrogen-bond acceptors (Lipinski definition) is 5. The van der Waals surface area contributed by atoms with Gasteiger partial charge in [-0.1, -0.05) is 23.2 Å². The van der Waals surface area contributed by atoms with E-state index in [1.165, 1.54) is 7.11 Å². The highest BCUT2D eigenvalue weighted by atomic mass is 35.5. The van der Waals surface area contributed by atoms with Gasteiger partial charge in [-0.05, 0) is 30.3 Å². The summed E-state index contributed by atoms with van der Waals surface area (Å²) in [5.74, 6) is 1.93. The van der Waals surface area contributed by atoms with E-state index in [0.29, 0.717) is 50.9 Å². The Bertz CT molecular complexity index is 988. The highest BCUT2D eigenvalue weighted by Gasteiger charge is 2.13. The summed E-state index contributed by atoms with van der Waals surface area (Å²) >= 11 is 12.1. The topological polar surface area (TPSA) is 73.6 Å². The van der Waals surface area contributed by atoms with Gasteiger partial charge < -0.3 is 19.2 Å². The first-order valence-corrected chi connectivity index (χ1v) is 9.17. The van der Waals surface area contributed by atoms with Gasteiger partial charge in [0.15, 0.2) is 11.7 Å². The standard InChI is InChI=1S/C20H18Cl2N2O4/c1-26-13-4-6-17(27-2)16(10-13)24-19(25)7-8-20-23-11-18(28-20)14-5-3-12(21)9-15(14)22/h3-6,9-11H,7-8H2,1-2H3,(H,24,25). The van der Waals surface area contributed by atoms with Gasteiger partial charge in [0.2, 0.25) is 5.91 Å². The number of halogens is 2. The zero-order chi connectivity index (χ0) is 20.1.